The van der Waals surface area contributed by atoms with Crippen LogP contribution >= 0.6 is 0 Å². The average molecular weight is 293 g/mol. The first-order chi connectivity index (χ1) is 10.0. The number of nitrogens with one attached hydrogen (secondary N) is 2. The summed E-state index contributed by atoms with van der Waals surface area (Å²) in [6.45, 7) is 9.67. The first-order valence-electron chi connectivity index (χ1n) is 8.12. The van der Waals surface area contributed by atoms with E-state index in [1.165, 1.54) is 32.1 Å². The van der Waals surface area contributed by atoms with Gasteiger partial charge in [0.25, 0.3) is 0 Å². The largest absolute Gasteiger partial charge is 0.370 e. The lowest BCUT2D eigenvalue weighted by Gasteiger charge is -2.11. The molecule has 0 spiro atoms. The van der Waals surface area contributed by atoms with Crippen LogP contribution in [-0.4, -0.2) is 16.5 Å². The number of hydrazine groups is 1. The Balaban J connectivity index is 2.33. The number of aromatic nitrogens is 2. The molecule has 0 fully saturated rings. The minimum atomic E-state index is 0.287. The van der Waals surface area contributed by atoms with Crippen LogP contribution in [0.5, 0.6) is 0 Å². The summed E-state index contributed by atoms with van der Waals surface area (Å²) < 4.78 is 0. The van der Waals surface area contributed by atoms with Crippen molar-refractivity contribution in [2.24, 2.45) is 11.8 Å². The van der Waals surface area contributed by atoms with Crippen molar-refractivity contribution < 1.29 is 0 Å². The van der Waals surface area contributed by atoms with Crippen molar-refractivity contribution in [3.05, 3.63) is 11.9 Å². The first kappa shape index (κ1) is 17.7. The van der Waals surface area contributed by atoms with Gasteiger partial charge in [0.05, 0.1) is 0 Å². The Labute approximate surface area is 129 Å². The van der Waals surface area contributed by atoms with E-state index in [2.05, 4.69) is 48.4 Å². The van der Waals surface area contributed by atoms with Crippen molar-refractivity contribution in [2.75, 3.05) is 17.3 Å². The highest BCUT2D eigenvalue weighted by molar-refractivity contribution is 5.47. The molecule has 5 heteroatoms. The first-order valence-corrected chi connectivity index (χ1v) is 8.12. The summed E-state index contributed by atoms with van der Waals surface area (Å²) in [6, 6.07) is 1.85. The van der Waals surface area contributed by atoms with E-state index in [1.54, 1.807) is 0 Å². The Morgan fingerprint density at radius 2 is 1.67 bits per heavy atom. The van der Waals surface area contributed by atoms with Gasteiger partial charge >= 0.3 is 0 Å². The molecule has 1 rings (SSSR count). The molecular weight excluding hydrogens is 262 g/mol. The molecule has 5 nitrogen and oxygen atoms in total. The van der Waals surface area contributed by atoms with Crippen molar-refractivity contribution >= 4 is 11.6 Å². The minimum absolute atomic E-state index is 0.287. The highest BCUT2D eigenvalue weighted by Gasteiger charge is 2.07. The predicted molar refractivity (Wildman–Crippen MR) is 90.3 cm³/mol. The third-order valence-electron chi connectivity index (χ3n) is 3.42. The van der Waals surface area contributed by atoms with Gasteiger partial charge in [-0.2, -0.15) is 0 Å². The van der Waals surface area contributed by atoms with Crippen molar-refractivity contribution in [1.29, 1.82) is 0 Å². The van der Waals surface area contributed by atoms with Gasteiger partial charge in [0.15, 0.2) is 0 Å². The summed E-state index contributed by atoms with van der Waals surface area (Å²) in [5.74, 6) is 8.88. The van der Waals surface area contributed by atoms with Gasteiger partial charge in [0, 0.05) is 18.5 Å². The Morgan fingerprint density at radius 1 is 1.00 bits per heavy atom. The lowest BCUT2D eigenvalue weighted by molar-refractivity contribution is 0.523. The number of hydrogen-bond acceptors (Lipinski definition) is 5. The van der Waals surface area contributed by atoms with Crippen molar-refractivity contribution in [2.45, 2.75) is 65.7 Å². The Morgan fingerprint density at radius 3 is 2.29 bits per heavy atom. The second-order valence-electron chi connectivity index (χ2n) is 6.32. The standard InChI is InChI=1S/C16H31N5/c1-12(2)9-7-5-6-8-10-18-14-11-15(21-17)20-16(19-14)13(3)4/h11-13H,5-10,17H2,1-4H3,(H2,18,19,20,21). The minimum Gasteiger partial charge on any atom is -0.370 e. The topological polar surface area (TPSA) is 75.9 Å². The van der Waals surface area contributed by atoms with Gasteiger partial charge in [-0.1, -0.05) is 53.4 Å². The summed E-state index contributed by atoms with van der Waals surface area (Å²) in [4.78, 5) is 8.87. The van der Waals surface area contributed by atoms with Crippen LogP contribution in [-0.2, 0) is 0 Å². The van der Waals surface area contributed by atoms with Crippen LogP contribution < -0.4 is 16.6 Å². The predicted octanol–water partition coefficient (Wildman–Crippen LogP) is 3.90. The lowest BCUT2D eigenvalue weighted by atomic mass is 10.0. The number of anilines is 2. The maximum Gasteiger partial charge on any atom is 0.145 e. The second kappa shape index (κ2) is 9.55. The number of hydrogen-bond donors (Lipinski definition) is 3. The number of rotatable bonds is 10. The third kappa shape index (κ3) is 7.27. The maximum atomic E-state index is 5.45. The molecule has 0 aromatic carbocycles. The maximum absolute atomic E-state index is 5.45. The van der Waals surface area contributed by atoms with Crippen LogP contribution in [0.15, 0.2) is 6.07 Å². The summed E-state index contributed by atoms with van der Waals surface area (Å²) in [5, 5.41) is 3.37. The summed E-state index contributed by atoms with van der Waals surface area (Å²) in [7, 11) is 0. The molecule has 0 saturated carbocycles. The van der Waals surface area contributed by atoms with E-state index in [-0.39, 0.29) is 5.92 Å². The molecule has 0 amide bonds. The van der Waals surface area contributed by atoms with Crippen LogP contribution in [0.3, 0.4) is 0 Å². The molecule has 0 aliphatic carbocycles. The van der Waals surface area contributed by atoms with E-state index in [9.17, 15) is 0 Å². The van der Waals surface area contributed by atoms with Gasteiger partial charge in [-0.25, -0.2) is 15.8 Å². The summed E-state index contributed by atoms with van der Waals surface area (Å²) in [5.41, 5.74) is 2.60. The fraction of sp³-hybridized carbons (Fsp3) is 0.750. The zero-order chi connectivity index (χ0) is 15.7. The molecule has 4 N–H and O–H groups in total. The molecule has 1 aromatic heterocycles. The normalized spacial score (nSPS) is 11.2. The van der Waals surface area contributed by atoms with Gasteiger partial charge in [-0.05, 0) is 12.3 Å². The van der Waals surface area contributed by atoms with Crippen molar-refractivity contribution in [3.8, 4) is 0 Å². The smallest absolute Gasteiger partial charge is 0.145 e. The summed E-state index contributed by atoms with van der Waals surface area (Å²) >= 11 is 0. The van der Waals surface area contributed by atoms with E-state index in [1.807, 2.05) is 6.07 Å². The van der Waals surface area contributed by atoms with Gasteiger partial charge in [-0.3, -0.25) is 0 Å². The molecular formula is C16H31N5. The monoisotopic (exact) mass is 293 g/mol. The molecule has 21 heavy (non-hydrogen) atoms. The fourth-order valence-electron chi connectivity index (χ4n) is 2.14. The van der Waals surface area contributed by atoms with Crippen LogP contribution in [0.2, 0.25) is 0 Å². The van der Waals surface area contributed by atoms with Gasteiger partial charge in [0.2, 0.25) is 0 Å². The fourth-order valence-corrected chi connectivity index (χ4v) is 2.14. The molecule has 0 aliphatic heterocycles. The Bertz CT molecular complexity index is 404. The van der Waals surface area contributed by atoms with Gasteiger partial charge in [-0.15, -0.1) is 0 Å². The molecule has 0 saturated heterocycles. The van der Waals surface area contributed by atoms with Crippen LogP contribution in [0.25, 0.3) is 0 Å². The quantitative estimate of drug-likeness (QED) is 0.346. The van der Waals surface area contributed by atoms with E-state index in [0.29, 0.717) is 5.82 Å². The molecule has 120 valence electrons. The zero-order valence-corrected chi connectivity index (χ0v) is 13.9. The number of unbranched alkanes of at least 4 members (excludes halogenated alkanes) is 3. The van der Waals surface area contributed by atoms with Gasteiger partial charge < -0.3 is 10.7 Å². The zero-order valence-electron chi connectivity index (χ0n) is 13.9. The van der Waals surface area contributed by atoms with E-state index >= 15 is 0 Å². The van der Waals surface area contributed by atoms with Crippen LogP contribution in [0.1, 0.15) is 71.5 Å². The number of nitrogens with two attached hydrogens (primary N) is 1. The molecule has 0 atom stereocenters. The van der Waals surface area contributed by atoms with E-state index in [0.717, 1.165) is 24.1 Å². The molecule has 1 heterocycles. The van der Waals surface area contributed by atoms with E-state index in [4.69, 9.17) is 5.84 Å². The SMILES string of the molecule is CC(C)CCCCCCNc1cc(NN)nc(C(C)C)n1. The van der Waals surface area contributed by atoms with Crippen molar-refractivity contribution in [1.82, 2.24) is 9.97 Å². The average Bonchev–Trinajstić information content (AvgIpc) is 2.45. The highest BCUT2D eigenvalue weighted by atomic mass is 15.3. The number of nitrogen functional groups attached to an aromatic ring is 1. The van der Waals surface area contributed by atoms with Crippen LogP contribution in [0, 0.1) is 5.92 Å². The molecule has 0 aliphatic rings. The molecule has 1 aromatic rings. The van der Waals surface area contributed by atoms with Gasteiger partial charge in [0.1, 0.15) is 17.5 Å². The molecule has 0 unspecified atom stereocenters. The summed E-state index contributed by atoms with van der Waals surface area (Å²) in [6.07, 6.45) is 6.43. The second-order valence-corrected chi connectivity index (χ2v) is 6.32. The van der Waals surface area contributed by atoms with Crippen LogP contribution in [0.4, 0.5) is 11.6 Å². The lowest BCUT2D eigenvalue weighted by Crippen LogP contribution is -2.13. The Kier molecular flexibility index (Phi) is 8.05. The van der Waals surface area contributed by atoms with Crippen molar-refractivity contribution in [3.63, 3.8) is 0 Å². The highest BCUT2D eigenvalue weighted by Crippen LogP contribution is 2.16. The number of nitrogens with zero attached hydrogens (tertiary/aromatic N) is 2. The molecule has 0 bridgehead atoms. The Hall–Kier alpha value is -1.36. The molecule has 0 radical (unpaired) electrons. The van der Waals surface area contributed by atoms with E-state index < -0.39 is 0 Å². The third-order valence-corrected chi connectivity index (χ3v) is 3.42.